The normalized spacial score (nSPS) is 10.3. The first-order valence-electron chi connectivity index (χ1n) is 7.99. The summed E-state index contributed by atoms with van der Waals surface area (Å²) in [7, 11) is 0. The lowest BCUT2D eigenvalue weighted by Gasteiger charge is -2.11. The highest BCUT2D eigenvalue weighted by Gasteiger charge is 2.22. The first-order chi connectivity index (χ1) is 12.4. The second-order valence-electron chi connectivity index (χ2n) is 5.30. The summed E-state index contributed by atoms with van der Waals surface area (Å²) in [6, 6.07) is 5.91. The van der Waals surface area contributed by atoms with Crippen molar-refractivity contribution in [1.29, 1.82) is 0 Å². The summed E-state index contributed by atoms with van der Waals surface area (Å²) in [5.74, 6) is -0.380. The highest BCUT2D eigenvalue weighted by Crippen LogP contribution is 2.34. The minimum Gasteiger partial charge on any atom is -0.462 e. The van der Waals surface area contributed by atoms with Crippen LogP contribution in [0.2, 0.25) is 0 Å². The summed E-state index contributed by atoms with van der Waals surface area (Å²) in [4.78, 5) is 23.6. The Kier molecular flexibility index (Phi) is 6.64. The van der Waals surface area contributed by atoms with E-state index in [0.717, 1.165) is 10.4 Å². The number of benzene rings is 1. The quantitative estimate of drug-likeness (QED) is 0.323. The molecule has 2 aromatic rings. The molecule has 0 atom stereocenters. The van der Waals surface area contributed by atoms with Gasteiger partial charge in [-0.15, -0.1) is 11.3 Å². The molecule has 0 spiro atoms. The molecule has 0 saturated heterocycles. The van der Waals surface area contributed by atoms with E-state index in [1.54, 1.807) is 19.1 Å². The first kappa shape index (κ1) is 19.8. The van der Waals surface area contributed by atoms with Crippen LogP contribution in [-0.2, 0) is 11.2 Å². The van der Waals surface area contributed by atoms with Crippen LogP contribution >= 0.6 is 23.6 Å². The topological polar surface area (TPSA) is 93.5 Å². The Labute approximate surface area is 160 Å². The molecular weight excluding hydrogens is 374 g/mol. The van der Waals surface area contributed by atoms with Crippen molar-refractivity contribution in [2.24, 2.45) is 0 Å². The van der Waals surface area contributed by atoms with E-state index >= 15 is 0 Å². The predicted molar refractivity (Wildman–Crippen MR) is 107 cm³/mol. The highest BCUT2D eigenvalue weighted by molar-refractivity contribution is 7.80. The number of thiophene rings is 1. The zero-order valence-corrected chi connectivity index (χ0v) is 16.3. The average molecular weight is 393 g/mol. The molecule has 1 heterocycles. The summed E-state index contributed by atoms with van der Waals surface area (Å²) < 4.78 is 5.16. The molecule has 1 aromatic heterocycles. The molecule has 0 bridgehead atoms. The lowest BCUT2D eigenvalue weighted by molar-refractivity contribution is -0.384. The number of carbonyl (C=O) groups is 1. The molecule has 2 rings (SSSR count). The minimum absolute atomic E-state index is 0.000457. The molecule has 0 aliphatic carbocycles. The van der Waals surface area contributed by atoms with Crippen LogP contribution in [0.15, 0.2) is 24.3 Å². The Morgan fingerprint density at radius 2 is 1.92 bits per heavy atom. The number of nitro groups is 1. The fourth-order valence-electron chi connectivity index (χ4n) is 2.44. The number of carbonyl (C=O) groups excluding carboxylic acids is 1. The number of non-ortho nitro benzene ring substituents is 1. The molecule has 0 radical (unpaired) electrons. The maximum atomic E-state index is 12.3. The van der Waals surface area contributed by atoms with Crippen LogP contribution in [0.4, 0.5) is 16.4 Å². The van der Waals surface area contributed by atoms with Gasteiger partial charge in [0.05, 0.1) is 17.1 Å². The Balaban J connectivity index is 2.18. The summed E-state index contributed by atoms with van der Waals surface area (Å²) in [5.41, 5.74) is 2.05. The number of rotatable bonds is 6. The van der Waals surface area contributed by atoms with Crippen LogP contribution in [0.25, 0.3) is 0 Å². The van der Waals surface area contributed by atoms with Gasteiger partial charge in [-0.2, -0.15) is 0 Å². The van der Waals surface area contributed by atoms with Crippen molar-refractivity contribution >= 4 is 51.0 Å². The van der Waals surface area contributed by atoms with Crippen LogP contribution in [0.1, 0.15) is 34.6 Å². The smallest absolute Gasteiger partial charge is 0.341 e. The van der Waals surface area contributed by atoms with E-state index in [4.69, 9.17) is 17.0 Å². The van der Waals surface area contributed by atoms with Gasteiger partial charge in [-0.3, -0.25) is 10.1 Å². The summed E-state index contributed by atoms with van der Waals surface area (Å²) in [6.07, 6.45) is 0.709. The third-order valence-electron chi connectivity index (χ3n) is 3.61. The molecule has 26 heavy (non-hydrogen) atoms. The molecule has 1 aromatic carbocycles. The van der Waals surface area contributed by atoms with Crippen LogP contribution in [0.3, 0.4) is 0 Å². The van der Waals surface area contributed by atoms with Gasteiger partial charge in [0, 0.05) is 22.7 Å². The van der Waals surface area contributed by atoms with Gasteiger partial charge < -0.3 is 15.4 Å². The van der Waals surface area contributed by atoms with Crippen molar-refractivity contribution in [1.82, 2.24) is 0 Å². The number of esters is 1. The number of thiocarbonyl (C=S) groups is 1. The second kappa shape index (κ2) is 8.72. The number of hydrogen-bond donors (Lipinski definition) is 2. The van der Waals surface area contributed by atoms with E-state index in [-0.39, 0.29) is 16.8 Å². The molecule has 138 valence electrons. The highest BCUT2D eigenvalue weighted by atomic mass is 32.1. The second-order valence-corrected chi connectivity index (χ2v) is 6.93. The zero-order chi connectivity index (χ0) is 19.3. The Hall–Kier alpha value is -2.52. The molecule has 0 unspecified atom stereocenters. The summed E-state index contributed by atoms with van der Waals surface area (Å²) >= 11 is 6.74. The third kappa shape index (κ3) is 4.55. The number of ether oxygens (including phenoxy) is 1. The van der Waals surface area contributed by atoms with Gasteiger partial charge in [0.25, 0.3) is 5.69 Å². The monoisotopic (exact) mass is 393 g/mol. The van der Waals surface area contributed by atoms with Gasteiger partial charge in [-0.25, -0.2) is 4.79 Å². The maximum absolute atomic E-state index is 12.3. The average Bonchev–Trinajstić information content (AvgIpc) is 2.90. The van der Waals surface area contributed by atoms with E-state index in [9.17, 15) is 14.9 Å². The van der Waals surface area contributed by atoms with Gasteiger partial charge in [0.1, 0.15) is 5.00 Å². The van der Waals surface area contributed by atoms with Crippen molar-refractivity contribution in [2.45, 2.75) is 27.2 Å². The van der Waals surface area contributed by atoms with Crippen LogP contribution in [0, 0.1) is 17.0 Å². The van der Waals surface area contributed by atoms with Crippen molar-refractivity contribution in [3.8, 4) is 0 Å². The third-order valence-corrected chi connectivity index (χ3v) is 4.87. The Bertz CT molecular complexity index is 831. The molecule has 0 fully saturated rings. The molecule has 7 nitrogen and oxygen atoms in total. The van der Waals surface area contributed by atoms with Crippen LogP contribution in [-0.4, -0.2) is 22.6 Å². The van der Waals surface area contributed by atoms with Gasteiger partial charge >= 0.3 is 5.97 Å². The number of nitrogens with one attached hydrogen (secondary N) is 2. The van der Waals surface area contributed by atoms with Gasteiger partial charge in [-0.05, 0) is 50.2 Å². The standard InChI is InChI=1S/C17H19N3O4S2/c1-4-13-10(3)26-15(14(13)16(21)24-5-2)19-17(25)18-11-6-8-12(9-7-11)20(22)23/h6-9H,4-5H2,1-3H3,(H2,18,19,25). The number of nitro benzene ring substituents is 1. The molecule has 0 aliphatic rings. The fraction of sp³-hybridized carbons (Fsp3) is 0.294. The molecule has 2 N–H and O–H groups in total. The van der Waals surface area contributed by atoms with E-state index in [0.29, 0.717) is 29.3 Å². The Morgan fingerprint density at radius 3 is 2.46 bits per heavy atom. The maximum Gasteiger partial charge on any atom is 0.341 e. The van der Waals surface area contributed by atoms with Gasteiger partial charge in [0.2, 0.25) is 0 Å². The number of aryl methyl sites for hydroxylation is 1. The summed E-state index contributed by atoms with van der Waals surface area (Å²) in [5, 5.41) is 17.6. The van der Waals surface area contributed by atoms with E-state index < -0.39 is 4.92 Å². The van der Waals surface area contributed by atoms with E-state index in [2.05, 4.69) is 10.6 Å². The van der Waals surface area contributed by atoms with Crippen LogP contribution in [0.5, 0.6) is 0 Å². The van der Waals surface area contributed by atoms with Crippen LogP contribution < -0.4 is 10.6 Å². The first-order valence-corrected chi connectivity index (χ1v) is 9.21. The molecule has 0 saturated carbocycles. The Morgan fingerprint density at radius 1 is 1.27 bits per heavy atom. The largest absolute Gasteiger partial charge is 0.462 e. The zero-order valence-electron chi connectivity index (χ0n) is 14.6. The minimum atomic E-state index is -0.466. The van der Waals surface area contributed by atoms with Crippen molar-refractivity contribution in [2.75, 3.05) is 17.2 Å². The molecular formula is C17H19N3O4S2. The van der Waals surface area contributed by atoms with E-state index in [1.807, 2.05) is 13.8 Å². The molecule has 9 heteroatoms. The lowest BCUT2D eigenvalue weighted by atomic mass is 10.1. The lowest BCUT2D eigenvalue weighted by Crippen LogP contribution is -2.20. The number of anilines is 2. The van der Waals surface area contributed by atoms with Gasteiger partial charge in [0.15, 0.2) is 5.11 Å². The summed E-state index contributed by atoms with van der Waals surface area (Å²) in [6.45, 7) is 5.98. The number of hydrogen-bond acceptors (Lipinski definition) is 6. The van der Waals surface area contributed by atoms with Gasteiger partial charge in [-0.1, -0.05) is 6.92 Å². The van der Waals surface area contributed by atoms with Crippen molar-refractivity contribution < 1.29 is 14.5 Å². The van der Waals surface area contributed by atoms with Crippen molar-refractivity contribution in [3.63, 3.8) is 0 Å². The molecule has 0 amide bonds. The van der Waals surface area contributed by atoms with E-state index in [1.165, 1.54) is 23.5 Å². The molecule has 0 aliphatic heterocycles. The SMILES string of the molecule is CCOC(=O)c1c(NC(=S)Nc2ccc([N+](=O)[O-])cc2)sc(C)c1CC. The fourth-order valence-corrected chi connectivity index (χ4v) is 3.87. The van der Waals surface area contributed by atoms with Crippen molar-refractivity contribution in [3.05, 3.63) is 50.4 Å². The predicted octanol–water partition coefficient (Wildman–Crippen LogP) is 4.51. The number of nitrogens with zero attached hydrogens (tertiary/aromatic N) is 1.